The van der Waals surface area contributed by atoms with E-state index in [-0.39, 0.29) is 5.91 Å². The van der Waals surface area contributed by atoms with Crippen LogP contribution >= 0.6 is 0 Å². The van der Waals surface area contributed by atoms with E-state index in [1.165, 1.54) is 6.92 Å². The molecule has 1 rings (SSSR count). The van der Waals surface area contributed by atoms with E-state index in [0.29, 0.717) is 19.6 Å². The summed E-state index contributed by atoms with van der Waals surface area (Å²) in [7, 11) is 0. The van der Waals surface area contributed by atoms with Crippen molar-refractivity contribution in [3.63, 3.8) is 0 Å². The highest BCUT2D eigenvalue weighted by Gasteiger charge is 2.12. The predicted octanol–water partition coefficient (Wildman–Crippen LogP) is 0.991. The van der Waals surface area contributed by atoms with Gasteiger partial charge in [0.15, 0.2) is 5.96 Å². The number of carbonyl (C=O) groups is 1. The molecule has 0 aliphatic heterocycles. The van der Waals surface area contributed by atoms with E-state index in [2.05, 4.69) is 33.0 Å². The predicted molar refractivity (Wildman–Crippen MR) is 86.8 cm³/mol. The van der Waals surface area contributed by atoms with Crippen LogP contribution in [-0.4, -0.2) is 36.7 Å². The molecule has 0 aliphatic rings. The first kappa shape index (κ1) is 18.0. The second-order valence-electron chi connectivity index (χ2n) is 4.84. The van der Waals surface area contributed by atoms with E-state index in [1.54, 1.807) is 0 Å². The number of carbonyl (C=O) groups excluding carboxylic acids is 1. The SMILES string of the molecule is CCNC(=NCc1c(CC)noc1CC)NCCNC(C)=O. The van der Waals surface area contributed by atoms with Gasteiger partial charge in [-0.2, -0.15) is 0 Å². The summed E-state index contributed by atoms with van der Waals surface area (Å²) < 4.78 is 5.35. The molecule has 7 heteroatoms. The zero-order valence-electron chi connectivity index (χ0n) is 14.0. The van der Waals surface area contributed by atoms with Crippen molar-refractivity contribution in [2.24, 2.45) is 4.99 Å². The van der Waals surface area contributed by atoms with Crippen LogP contribution in [0.25, 0.3) is 0 Å². The van der Waals surface area contributed by atoms with Gasteiger partial charge in [-0.25, -0.2) is 4.99 Å². The molecule has 1 aromatic heterocycles. The third-order valence-corrected chi connectivity index (χ3v) is 3.14. The first-order chi connectivity index (χ1) is 10.6. The van der Waals surface area contributed by atoms with Crippen molar-refractivity contribution in [2.75, 3.05) is 19.6 Å². The van der Waals surface area contributed by atoms with Crippen molar-refractivity contribution in [1.82, 2.24) is 21.1 Å². The molecule has 0 aliphatic carbocycles. The van der Waals surface area contributed by atoms with Crippen molar-refractivity contribution < 1.29 is 9.32 Å². The Kier molecular flexibility index (Phi) is 8.03. The molecule has 0 bridgehead atoms. The lowest BCUT2D eigenvalue weighted by atomic mass is 10.1. The first-order valence-electron chi connectivity index (χ1n) is 7.85. The van der Waals surface area contributed by atoms with E-state index in [4.69, 9.17) is 4.52 Å². The van der Waals surface area contributed by atoms with Crippen molar-refractivity contribution in [2.45, 2.75) is 47.1 Å². The highest BCUT2D eigenvalue weighted by atomic mass is 16.5. The van der Waals surface area contributed by atoms with Crippen LogP contribution in [0.4, 0.5) is 0 Å². The van der Waals surface area contributed by atoms with Gasteiger partial charge in [-0.3, -0.25) is 4.79 Å². The number of nitrogens with zero attached hydrogens (tertiary/aromatic N) is 2. The molecule has 0 fully saturated rings. The quantitative estimate of drug-likeness (QED) is 0.378. The number of rotatable bonds is 8. The molecule has 1 heterocycles. The Balaban J connectivity index is 2.65. The molecule has 0 aromatic carbocycles. The molecule has 0 radical (unpaired) electrons. The van der Waals surface area contributed by atoms with Crippen LogP contribution in [0.3, 0.4) is 0 Å². The minimum absolute atomic E-state index is 0.0339. The lowest BCUT2D eigenvalue weighted by Gasteiger charge is -2.11. The fraction of sp³-hybridized carbons (Fsp3) is 0.667. The second-order valence-corrected chi connectivity index (χ2v) is 4.84. The van der Waals surface area contributed by atoms with Gasteiger partial charge in [0, 0.05) is 38.5 Å². The zero-order valence-corrected chi connectivity index (χ0v) is 14.0. The number of hydrogen-bond donors (Lipinski definition) is 3. The third-order valence-electron chi connectivity index (χ3n) is 3.14. The maximum absolute atomic E-state index is 10.8. The van der Waals surface area contributed by atoms with Gasteiger partial charge in [0.1, 0.15) is 5.76 Å². The topological polar surface area (TPSA) is 91.6 Å². The number of aryl methyl sites for hydroxylation is 2. The Bertz CT molecular complexity index is 475. The number of guanidine groups is 1. The summed E-state index contributed by atoms with van der Waals surface area (Å²) in [5.74, 6) is 1.58. The van der Waals surface area contributed by atoms with Crippen LogP contribution in [0.1, 0.15) is 44.7 Å². The third kappa shape index (κ3) is 5.75. The van der Waals surface area contributed by atoms with Gasteiger partial charge < -0.3 is 20.5 Å². The minimum atomic E-state index is -0.0339. The largest absolute Gasteiger partial charge is 0.361 e. The fourth-order valence-corrected chi connectivity index (χ4v) is 2.04. The molecule has 0 spiro atoms. The Labute approximate surface area is 131 Å². The Morgan fingerprint density at radius 2 is 1.86 bits per heavy atom. The summed E-state index contributed by atoms with van der Waals surface area (Å²) >= 11 is 0. The monoisotopic (exact) mass is 309 g/mol. The van der Waals surface area contributed by atoms with Gasteiger partial charge in [-0.1, -0.05) is 19.0 Å². The van der Waals surface area contributed by atoms with Gasteiger partial charge in [0.25, 0.3) is 0 Å². The summed E-state index contributed by atoms with van der Waals surface area (Å²) in [6.07, 6.45) is 1.64. The average Bonchev–Trinajstić information content (AvgIpc) is 2.90. The highest BCUT2D eigenvalue weighted by molar-refractivity contribution is 5.79. The van der Waals surface area contributed by atoms with Gasteiger partial charge in [0.05, 0.1) is 12.2 Å². The maximum atomic E-state index is 10.8. The van der Waals surface area contributed by atoms with Crippen molar-refractivity contribution in [3.8, 4) is 0 Å². The molecular weight excluding hydrogens is 282 g/mol. The van der Waals surface area contributed by atoms with Crippen molar-refractivity contribution in [3.05, 3.63) is 17.0 Å². The number of aromatic nitrogens is 1. The molecule has 0 saturated carbocycles. The molecule has 1 aromatic rings. The Hall–Kier alpha value is -2.05. The average molecular weight is 309 g/mol. The summed E-state index contributed by atoms with van der Waals surface area (Å²) in [5.41, 5.74) is 2.04. The van der Waals surface area contributed by atoms with Crippen LogP contribution in [0.5, 0.6) is 0 Å². The lowest BCUT2D eigenvalue weighted by Crippen LogP contribution is -2.41. The molecule has 0 saturated heterocycles. The number of amides is 1. The Morgan fingerprint density at radius 3 is 2.45 bits per heavy atom. The first-order valence-corrected chi connectivity index (χ1v) is 7.85. The second kappa shape index (κ2) is 9.81. The smallest absolute Gasteiger partial charge is 0.216 e. The van der Waals surface area contributed by atoms with E-state index >= 15 is 0 Å². The van der Waals surface area contributed by atoms with E-state index in [1.807, 2.05) is 13.8 Å². The lowest BCUT2D eigenvalue weighted by molar-refractivity contribution is -0.118. The van der Waals surface area contributed by atoms with Gasteiger partial charge in [0.2, 0.25) is 5.91 Å². The highest BCUT2D eigenvalue weighted by Crippen LogP contribution is 2.16. The van der Waals surface area contributed by atoms with Gasteiger partial charge in [-0.15, -0.1) is 0 Å². The zero-order chi connectivity index (χ0) is 16.4. The van der Waals surface area contributed by atoms with Crippen LogP contribution < -0.4 is 16.0 Å². The molecule has 3 N–H and O–H groups in total. The van der Waals surface area contributed by atoms with Crippen molar-refractivity contribution >= 4 is 11.9 Å². The van der Waals surface area contributed by atoms with Crippen molar-refractivity contribution in [1.29, 1.82) is 0 Å². The maximum Gasteiger partial charge on any atom is 0.216 e. The molecule has 22 heavy (non-hydrogen) atoms. The minimum Gasteiger partial charge on any atom is -0.361 e. The van der Waals surface area contributed by atoms with E-state index in [0.717, 1.165) is 42.4 Å². The van der Waals surface area contributed by atoms with E-state index < -0.39 is 0 Å². The number of nitrogens with one attached hydrogen (secondary N) is 3. The summed E-state index contributed by atoms with van der Waals surface area (Å²) in [4.78, 5) is 15.4. The molecule has 1 amide bonds. The molecular formula is C15H27N5O2. The van der Waals surface area contributed by atoms with E-state index in [9.17, 15) is 4.79 Å². The van der Waals surface area contributed by atoms with Crippen LogP contribution in [0.2, 0.25) is 0 Å². The normalized spacial score (nSPS) is 11.4. The van der Waals surface area contributed by atoms with Crippen LogP contribution in [0, 0.1) is 0 Å². The molecule has 7 nitrogen and oxygen atoms in total. The summed E-state index contributed by atoms with van der Waals surface area (Å²) in [6.45, 7) is 10.1. The number of aliphatic imine (C=N–C) groups is 1. The molecule has 124 valence electrons. The van der Waals surface area contributed by atoms with Gasteiger partial charge in [-0.05, 0) is 13.3 Å². The van der Waals surface area contributed by atoms with Crippen LogP contribution in [0.15, 0.2) is 9.52 Å². The standard InChI is InChI=1S/C15H27N5O2/c1-5-13-12(14(6-2)22-20-13)10-19-15(16-7-3)18-9-8-17-11(4)21/h5-10H2,1-4H3,(H,17,21)(H2,16,18,19). The van der Waals surface area contributed by atoms with Gasteiger partial charge >= 0.3 is 0 Å². The fourth-order valence-electron chi connectivity index (χ4n) is 2.04. The molecule has 0 unspecified atom stereocenters. The van der Waals surface area contributed by atoms with Crippen LogP contribution in [-0.2, 0) is 24.2 Å². The number of hydrogen-bond acceptors (Lipinski definition) is 4. The summed E-state index contributed by atoms with van der Waals surface area (Å²) in [6, 6.07) is 0. The molecule has 0 atom stereocenters. The summed E-state index contributed by atoms with van der Waals surface area (Å²) in [5, 5.41) is 13.2. The Morgan fingerprint density at radius 1 is 1.14 bits per heavy atom.